The number of hydrogen-bond acceptors (Lipinski definition) is 3. The fourth-order valence-corrected chi connectivity index (χ4v) is 1.51. The predicted molar refractivity (Wildman–Crippen MR) is 59.1 cm³/mol. The third-order valence-electron chi connectivity index (χ3n) is 2.34. The van der Waals surface area contributed by atoms with Crippen molar-refractivity contribution in [1.29, 1.82) is 0 Å². The molecule has 0 spiro atoms. The van der Waals surface area contributed by atoms with Crippen LogP contribution < -0.4 is 29.6 Å². The number of aliphatic hydroxyl groups excluding tert-OH is 1. The van der Waals surface area contributed by atoms with Crippen LogP contribution in [-0.2, 0) is 11.2 Å². The van der Waals surface area contributed by atoms with Crippen LogP contribution in [0.5, 0.6) is 0 Å². The van der Waals surface area contributed by atoms with Gasteiger partial charge in [0.05, 0.1) is 5.52 Å². The maximum absolute atomic E-state index is 10.5. The largest absolute Gasteiger partial charge is 1.00 e. The molecule has 2 N–H and O–H groups in total. The first kappa shape index (κ1) is 14.1. The van der Waals surface area contributed by atoms with E-state index in [-0.39, 0.29) is 36.0 Å². The fourth-order valence-electron chi connectivity index (χ4n) is 1.51. The number of carboxylic acids is 1. The second kappa shape index (κ2) is 6.12. The van der Waals surface area contributed by atoms with Crippen LogP contribution in [0.4, 0.5) is 0 Å². The van der Waals surface area contributed by atoms with E-state index < -0.39 is 12.1 Å². The molecule has 0 bridgehead atoms. The van der Waals surface area contributed by atoms with Crippen molar-refractivity contribution in [2.45, 2.75) is 12.5 Å². The molecule has 1 atom stereocenters. The Morgan fingerprint density at radius 3 is 2.65 bits per heavy atom. The molecular formula is C12H11NNaO3+. The quantitative estimate of drug-likeness (QED) is 0.623. The minimum atomic E-state index is -1.39. The summed E-state index contributed by atoms with van der Waals surface area (Å²) < 4.78 is 0. The van der Waals surface area contributed by atoms with Crippen molar-refractivity contribution in [3.63, 3.8) is 0 Å². The summed E-state index contributed by atoms with van der Waals surface area (Å²) in [4.78, 5) is 14.8. The van der Waals surface area contributed by atoms with E-state index in [4.69, 9.17) is 5.11 Å². The van der Waals surface area contributed by atoms with Crippen molar-refractivity contribution in [2.24, 2.45) is 0 Å². The molecule has 0 aliphatic rings. The van der Waals surface area contributed by atoms with Gasteiger partial charge >= 0.3 is 35.5 Å². The van der Waals surface area contributed by atoms with Crippen molar-refractivity contribution in [1.82, 2.24) is 4.98 Å². The fraction of sp³-hybridized carbons (Fsp3) is 0.167. The summed E-state index contributed by atoms with van der Waals surface area (Å²) in [7, 11) is 0. The van der Waals surface area contributed by atoms with Gasteiger partial charge in [0.1, 0.15) is 0 Å². The molecule has 0 aliphatic carbocycles. The summed E-state index contributed by atoms with van der Waals surface area (Å²) in [5.74, 6) is -1.23. The molecule has 82 valence electrons. The van der Waals surface area contributed by atoms with E-state index >= 15 is 0 Å². The van der Waals surface area contributed by atoms with Gasteiger partial charge in [0.15, 0.2) is 6.10 Å². The summed E-state index contributed by atoms with van der Waals surface area (Å²) in [5.41, 5.74) is 1.38. The van der Waals surface area contributed by atoms with Crippen LogP contribution in [0, 0.1) is 0 Å². The topological polar surface area (TPSA) is 70.4 Å². The predicted octanol–water partition coefficient (Wildman–Crippen LogP) is -1.77. The molecule has 0 saturated carbocycles. The first-order valence-electron chi connectivity index (χ1n) is 4.92. The summed E-state index contributed by atoms with van der Waals surface area (Å²) >= 11 is 0. The van der Waals surface area contributed by atoms with Crippen LogP contribution in [-0.4, -0.2) is 27.3 Å². The monoisotopic (exact) mass is 240 g/mol. The zero-order valence-electron chi connectivity index (χ0n) is 9.50. The molecule has 5 heteroatoms. The molecule has 0 aliphatic heterocycles. The summed E-state index contributed by atoms with van der Waals surface area (Å²) in [5, 5.41) is 18.8. The molecule has 0 amide bonds. The molecule has 0 saturated heterocycles. The number of aliphatic hydroxyl groups is 1. The van der Waals surface area contributed by atoms with E-state index in [0.29, 0.717) is 5.69 Å². The SMILES string of the molecule is O=C(O)C(O)Cc1ccc2ccccc2n1.[Na+]. The maximum atomic E-state index is 10.5. The number of benzene rings is 1. The van der Waals surface area contributed by atoms with Gasteiger partial charge in [0, 0.05) is 17.5 Å². The Labute approximate surface area is 121 Å². The number of pyridine rings is 1. The third kappa shape index (κ3) is 3.51. The molecule has 0 radical (unpaired) electrons. The number of para-hydroxylation sites is 1. The maximum Gasteiger partial charge on any atom is 1.00 e. The van der Waals surface area contributed by atoms with Crippen LogP contribution in [0.2, 0.25) is 0 Å². The Balaban J connectivity index is 0.00000144. The first-order chi connectivity index (χ1) is 7.66. The second-order valence-electron chi connectivity index (χ2n) is 3.55. The van der Waals surface area contributed by atoms with Crippen LogP contribution in [0.25, 0.3) is 10.9 Å². The average molecular weight is 240 g/mol. The Morgan fingerprint density at radius 1 is 1.24 bits per heavy atom. The van der Waals surface area contributed by atoms with Gasteiger partial charge in [0.2, 0.25) is 0 Å². The number of nitrogens with zero attached hydrogens (tertiary/aromatic N) is 1. The molecule has 4 nitrogen and oxygen atoms in total. The third-order valence-corrected chi connectivity index (χ3v) is 2.34. The molecule has 1 unspecified atom stereocenters. The molecule has 17 heavy (non-hydrogen) atoms. The average Bonchev–Trinajstić information content (AvgIpc) is 2.28. The van der Waals surface area contributed by atoms with Gasteiger partial charge in [-0.25, -0.2) is 4.79 Å². The van der Waals surface area contributed by atoms with Crippen molar-refractivity contribution in [2.75, 3.05) is 0 Å². The van der Waals surface area contributed by atoms with Gasteiger partial charge in [0.25, 0.3) is 0 Å². The van der Waals surface area contributed by atoms with Crippen LogP contribution in [0.15, 0.2) is 36.4 Å². The molecule has 1 aromatic heterocycles. The molecule has 1 heterocycles. The number of carbonyl (C=O) groups is 1. The molecule has 2 aromatic rings. The molecule has 2 rings (SSSR count). The van der Waals surface area contributed by atoms with Crippen LogP contribution in [0.1, 0.15) is 5.69 Å². The Bertz CT molecular complexity index is 530. The number of aliphatic carboxylic acids is 1. The van der Waals surface area contributed by atoms with Crippen molar-refractivity contribution in [3.8, 4) is 0 Å². The van der Waals surface area contributed by atoms with Crippen molar-refractivity contribution >= 4 is 16.9 Å². The smallest absolute Gasteiger partial charge is 0.479 e. The summed E-state index contributed by atoms with van der Waals surface area (Å²) in [6, 6.07) is 11.2. The Morgan fingerprint density at radius 2 is 1.94 bits per heavy atom. The number of fused-ring (bicyclic) bond motifs is 1. The van der Waals surface area contributed by atoms with Gasteiger partial charge in [-0.15, -0.1) is 0 Å². The van der Waals surface area contributed by atoms with Gasteiger partial charge < -0.3 is 10.2 Å². The van der Waals surface area contributed by atoms with E-state index in [1.165, 1.54) is 0 Å². The standard InChI is InChI=1S/C12H11NO3.Na/c14-11(12(15)16)7-9-6-5-8-3-1-2-4-10(8)13-9;/h1-6,11,14H,7H2,(H,15,16);/q;+1. The van der Waals surface area contributed by atoms with Crippen molar-refractivity contribution in [3.05, 3.63) is 42.1 Å². The normalized spacial score (nSPS) is 11.8. The first-order valence-corrected chi connectivity index (χ1v) is 4.92. The van der Waals surface area contributed by atoms with Gasteiger partial charge in [-0.1, -0.05) is 24.3 Å². The van der Waals surface area contributed by atoms with E-state index in [2.05, 4.69) is 4.98 Å². The van der Waals surface area contributed by atoms with Crippen LogP contribution in [0.3, 0.4) is 0 Å². The molecular weight excluding hydrogens is 229 g/mol. The Hall–Kier alpha value is -0.940. The zero-order valence-corrected chi connectivity index (χ0v) is 11.5. The number of aromatic nitrogens is 1. The summed E-state index contributed by atoms with van der Waals surface area (Å²) in [6.07, 6.45) is -1.37. The van der Waals surface area contributed by atoms with E-state index in [9.17, 15) is 9.90 Å². The van der Waals surface area contributed by atoms with E-state index in [0.717, 1.165) is 10.9 Å². The van der Waals surface area contributed by atoms with Crippen LogP contribution >= 0.6 is 0 Å². The van der Waals surface area contributed by atoms with E-state index in [1.54, 1.807) is 6.07 Å². The number of carboxylic acid groups (broad SMARTS) is 1. The molecule has 1 aromatic carbocycles. The number of rotatable bonds is 3. The van der Waals surface area contributed by atoms with Crippen molar-refractivity contribution < 1.29 is 44.6 Å². The zero-order chi connectivity index (χ0) is 11.5. The molecule has 0 fully saturated rings. The minimum Gasteiger partial charge on any atom is -0.479 e. The number of hydrogen-bond donors (Lipinski definition) is 2. The van der Waals surface area contributed by atoms with Gasteiger partial charge in [-0.2, -0.15) is 0 Å². The van der Waals surface area contributed by atoms with Gasteiger partial charge in [-0.05, 0) is 12.1 Å². The second-order valence-corrected chi connectivity index (χ2v) is 3.55. The van der Waals surface area contributed by atoms with E-state index in [1.807, 2.05) is 30.3 Å². The summed E-state index contributed by atoms with van der Waals surface area (Å²) in [6.45, 7) is 0. The van der Waals surface area contributed by atoms with Gasteiger partial charge in [-0.3, -0.25) is 4.98 Å². The Kier molecular flexibility index (Phi) is 5.08. The minimum absolute atomic E-state index is 0.